The zero-order valence-electron chi connectivity index (χ0n) is 36.8. The molecular weight excluding hydrogens is 777 g/mol. The van der Waals surface area contributed by atoms with Crippen molar-refractivity contribution < 1.29 is 48.6 Å². The third-order valence-electron chi connectivity index (χ3n) is 12.3. The van der Waals surface area contributed by atoms with E-state index >= 15 is 0 Å². The van der Waals surface area contributed by atoms with Crippen LogP contribution in [0.25, 0.3) is 0 Å². The fourth-order valence-electron chi connectivity index (χ4n) is 8.64. The molecule has 2 aromatic rings. The minimum absolute atomic E-state index is 0.108. The van der Waals surface area contributed by atoms with Crippen molar-refractivity contribution in [3.05, 3.63) is 52.2 Å². The van der Waals surface area contributed by atoms with E-state index in [1.165, 1.54) is 18.3 Å². The topological polar surface area (TPSA) is 195 Å². The highest BCUT2D eigenvalue weighted by atomic mass is 32.1. The molecule has 14 atom stereocenters. The summed E-state index contributed by atoms with van der Waals surface area (Å²) in [5.41, 5.74) is 5.06. The number of likely N-dealkylation sites (N-methyl/N-ethyl adjacent to an activating group) is 1. The van der Waals surface area contributed by atoms with Crippen molar-refractivity contribution in [1.82, 2.24) is 4.90 Å². The molecule has 2 saturated heterocycles. The molecular formula is C44H68N4O10S. The van der Waals surface area contributed by atoms with E-state index in [-0.39, 0.29) is 31.4 Å². The van der Waals surface area contributed by atoms with Gasteiger partial charge in [-0.05, 0) is 103 Å². The van der Waals surface area contributed by atoms with Crippen molar-refractivity contribution in [2.24, 2.45) is 33.9 Å². The van der Waals surface area contributed by atoms with Crippen molar-refractivity contribution in [3.8, 4) is 0 Å². The van der Waals surface area contributed by atoms with Gasteiger partial charge in [0.2, 0.25) is 0 Å². The molecule has 14 nitrogen and oxygen atoms in total. The fourth-order valence-corrected chi connectivity index (χ4v) is 9.32. The third-order valence-corrected chi connectivity index (χ3v) is 13.3. The number of benzene rings is 1. The monoisotopic (exact) mass is 844 g/mol. The van der Waals surface area contributed by atoms with Crippen molar-refractivity contribution in [3.63, 3.8) is 0 Å². The summed E-state index contributed by atoms with van der Waals surface area (Å²) in [6, 6.07) is 10.4. The minimum Gasteiger partial charge on any atom is -0.461 e. The highest BCUT2D eigenvalue weighted by Gasteiger charge is 2.52. The van der Waals surface area contributed by atoms with Crippen LogP contribution in [-0.2, 0) is 39.7 Å². The van der Waals surface area contributed by atoms with E-state index in [1.807, 2.05) is 71.1 Å². The Kier molecular flexibility index (Phi) is 16.8. The molecule has 15 heteroatoms. The van der Waals surface area contributed by atoms with Gasteiger partial charge in [-0.15, -0.1) is 11.3 Å². The lowest BCUT2D eigenvalue weighted by atomic mass is 9.73. The van der Waals surface area contributed by atoms with Crippen molar-refractivity contribution in [2.45, 2.75) is 148 Å². The first-order chi connectivity index (χ1) is 27.6. The molecule has 4 rings (SSSR count). The predicted octanol–water partition coefficient (Wildman–Crippen LogP) is 5.25. The zero-order valence-corrected chi connectivity index (χ0v) is 37.6. The smallest absolute Gasteiger partial charge is 0.312 e. The van der Waals surface area contributed by atoms with E-state index in [2.05, 4.69) is 5.10 Å². The first-order valence-corrected chi connectivity index (χ1v) is 21.5. The maximum absolute atomic E-state index is 14.3. The van der Waals surface area contributed by atoms with Crippen molar-refractivity contribution >= 4 is 40.4 Å². The highest BCUT2D eigenvalue weighted by molar-refractivity contribution is 7.12. The number of thiophene rings is 1. The van der Waals surface area contributed by atoms with Gasteiger partial charge in [-0.25, -0.2) is 0 Å². The number of methoxy groups -OCH3 is 1. The van der Waals surface area contributed by atoms with E-state index in [9.17, 15) is 24.9 Å². The first kappa shape index (κ1) is 48.4. The molecule has 2 aliphatic rings. The van der Waals surface area contributed by atoms with Crippen LogP contribution in [0.5, 0.6) is 0 Å². The number of aliphatic hydroxyl groups is 3. The summed E-state index contributed by atoms with van der Waals surface area (Å²) in [6.45, 7) is 15.9. The van der Waals surface area contributed by atoms with Gasteiger partial charge in [0, 0.05) is 36.4 Å². The molecule has 1 aromatic heterocycles. The second-order valence-electron chi connectivity index (χ2n) is 17.3. The van der Waals surface area contributed by atoms with Gasteiger partial charge >= 0.3 is 11.9 Å². The molecule has 0 radical (unpaired) electrons. The van der Waals surface area contributed by atoms with Gasteiger partial charge in [-0.2, -0.15) is 10.2 Å². The predicted molar refractivity (Wildman–Crippen MR) is 229 cm³/mol. The zero-order chi connectivity index (χ0) is 44.0. The number of ether oxygens (including phenoxy) is 5. The Morgan fingerprint density at radius 2 is 1.73 bits per heavy atom. The van der Waals surface area contributed by atoms with E-state index in [0.717, 1.165) is 4.88 Å². The summed E-state index contributed by atoms with van der Waals surface area (Å²) >= 11 is 1.52. The molecule has 2 aliphatic heterocycles. The standard InChI is InChI=1S/C44H68N4O10S/c1-13-34-44(9,53)39(51)26(4)36(47-46-29(7)33-15-14-20-59-33)24(2)23-43(8,54-12)40(58-42-37(50)32(48(10)11)21-25(3)55-42)27(5)38(28(6)41(52)56-34)57-35(49)22-30-16-18-31(45)19-17-30/h14-20,24-28,32,34,37-40,42,50-51,53H,13,21-23,45H2,1-12H3/b46-29+,47-36+/t24-,25?,26+,27+,28-,32?,34-,37?,38+,39-,40-,42?,43-,44-/m1/s1. The number of hydrogen-bond acceptors (Lipinski definition) is 15. The Morgan fingerprint density at radius 1 is 1.07 bits per heavy atom. The van der Waals surface area contributed by atoms with Crippen LogP contribution in [0.3, 0.4) is 0 Å². The minimum atomic E-state index is -1.93. The number of carbonyl (C=O) groups excluding carboxylic acids is 2. The molecule has 59 heavy (non-hydrogen) atoms. The van der Waals surface area contributed by atoms with E-state index in [1.54, 1.807) is 52.1 Å². The quantitative estimate of drug-likeness (QED) is 0.105. The Morgan fingerprint density at radius 3 is 2.31 bits per heavy atom. The van der Waals surface area contributed by atoms with Gasteiger partial charge < -0.3 is 49.6 Å². The number of rotatable bonds is 10. The maximum atomic E-state index is 14.3. The molecule has 0 saturated carbocycles. The van der Waals surface area contributed by atoms with Gasteiger partial charge in [0.15, 0.2) is 6.29 Å². The molecule has 0 aliphatic carbocycles. The van der Waals surface area contributed by atoms with Crippen LogP contribution < -0.4 is 5.73 Å². The lowest BCUT2D eigenvalue weighted by Gasteiger charge is -2.48. The molecule has 2 fully saturated rings. The number of cyclic esters (lactones) is 1. The Hall–Kier alpha value is -3.28. The van der Waals surface area contributed by atoms with Gasteiger partial charge in [0.1, 0.15) is 23.9 Å². The molecule has 4 unspecified atom stereocenters. The summed E-state index contributed by atoms with van der Waals surface area (Å²) in [5, 5.41) is 47.1. The number of hydrogen-bond donors (Lipinski definition) is 4. The number of nitrogens with two attached hydrogens (primary N) is 1. The van der Waals surface area contributed by atoms with Crippen LogP contribution in [0.2, 0.25) is 0 Å². The molecule has 1 aromatic carbocycles. The van der Waals surface area contributed by atoms with Gasteiger partial charge in [0.25, 0.3) is 0 Å². The maximum Gasteiger partial charge on any atom is 0.312 e. The van der Waals surface area contributed by atoms with Crippen molar-refractivity contribution in [2.75, 3.05) is 26.9 Å². The number of nitrogens with zero attached hydrogens (tertiary/aromatic N) is 3. The van der Waals surface area contributed by atoms with E-state index < -0.39 is 83.6 Å². The summed E-state index contributed by atoms with van der Waals surface area (Å²) in [5.74, 6) is -4.48. The fraction of sp³-hybridized carbons (Fsp3) is 0.682. The second kappa shape index (κ2) is 20.5. The van der Waals surface area contributed by atoms with E-state index in [0.29, 0.717) is 29.1 Å². The van der Waals surface area contributed by atoms with Crippen LogP contribution in [0.4, 0.5) is 5.69 Å². The number of anilines is 1. The number of esters is 2. The van der Waals surface area contributed by atoms with Crippen LogP contribution in [-0.4, -0.2) is 125 Å². The average molecular weight is 845 g/mol. The number of carbonyl (C=O) groups is 2. The first-order valence-electron chi connectivity index (χ1n) is 20.7. The van der Waals surface area contributed by atoms with Gasteiger partial charge in [-0.1, -0.05) is 45.9 Å². The Labute approximate surface area is 354 Å². The van der Waals surface area contributed by atoms with Gasteiger partial charge in [0.05, 0.1) is 46.8 Å². The lowest BCUT2D eigenvalue weighted by molar-refractivity contribution is -0.301. The Balaban J connectivity index is 1.91. The Bertz CT molecular complexity index is 1740. The molecule has 330 valence electrons. The van der Waals surface area contributed by atoms with Crippen LogP contribution in [0.15, 0.2) is 52.0 Å². The highest BCUT2D eigenvalue weighted by Crippen LogP contribution is 2.40. The molecule has 0 amide bonds. The average Bonchev–Trinajstić information content (AvgIpc) is 3.74. The van der Waals surface area contributed by atoms with Crippen molar-refractivity contribution in [1.29, 1.82) is 0 Å². The number of nitrogen functional groups attached to an aromatic ring is 1. The third kappa shape index (κ3) is 11.6. The SMILES string of the molecule is CC[C@H]1OC(=O)[C@H](C)[C@@H](OC(=O)Cc2ccc(N)cc2)[C@H](C)[C@@H](OC2OC(C)CC(N(C)C)C2O)[C@](C)(OC)C[C@@H](C)/C(=N\N=C(/C)c2cccs2)[C@H](C)[C@@H](O)[C@]1(C)O. The molecule has 0 bridgehead atoms. The second-order valence-corrected chi connectivity index (χ2v) is 18.2. The largest absolute Gasteiger partial charge is 0.461 e. The molecule has 5 N–H and O–H groups in total. The van der Waals surface area contributed by atoms with E-state index in [4.69, 9.17) is 34.5 Å². The summed E-state index contributed by atoms with van der Waals surface area (Å²) in [4.78, 5) is 31.0. The van der Waals surface area contributed by atoms with Crippen LogP contribution in [0.1, 0.15) is 92.0 Å². The van der Waals surface area contributed by atoms with Crippen LogP contribution >= 0.6 is 11.3 Å². The summed E-state index contributed by atoms with van der Waals surface area (Å²) in [6.07, 6.45) is -6.38. The molecule has 3 heterocycles. The summed E-state index contributed by atoms with van der Waals surface area (Å²) < 4.78 is 32.0. The molecule has 0 spiro atoms. The van der Waals surface area contributed by atoms with Gasteiger partial charge in [-0.3, -0.25) is 9.59 Å². The summed E-state index contributed by atoms with van der Waals surface area (Å²) in [7, 11) is 5.32. The number of aliphatic hydroxyl groups excluding tert-OH is 2. The lowest BCUT2D eigenvalue weighted by Crippen LogP contribution is -2.60. The van der Waals surface area contributed by atoms with Crippen LogP contribution in [0, 0.1) is 23.7 Å². The normalized spacial score (nSPS) is 37.5.